The molecule has 57 heavy (non-hydrogen) atoms. The first kappa shape index (κ1) is 53.4. The predicted molar refractivity (Wildman–Crippen MR) is 203 cm³/mol. The van der Waals surface area contributed by atoms with E-state index in [4.69, 9.17) is 18.9 Å². The van der Waals surface area contributed by atoms with E-state index in [-0.39, 0.29) is 109 Å². The van der Waals surface area contributed by atoms with E-state index in [9.17, 15) is 26.0 Å². The number of alkyl halides is 4. The minimum Gasteiger partial charge on any atom is -0.493 e. The molecule has 2 radical (unpaired) electrons. The van der Waals surface area contributed by atoms with Gasteiger partial charge in [0.25, 0.3) is 0 Å². The van der Waals surface area contributed by atoms with Gasteiger partial charge in [0.05, 0.1) is 95.0 Å². The topological polar surface area (TPSA) is 267 Å². The molecule has 0 amide bonds. The van der Waals surface area contributed by atoms with Gasteiger partial charge in [-0.15, -0.1) is 0 Å². The van der Waals surface area contributed by atoms with Gasteiger partial charge in [-0.3, -0.25) is 18.4 Å². The van der Waals surface area contributed by atoms with E-state index in [1.54, 1.807) is 12.1 Å². The van der Waals surface area contributed by atoms with Crippen molar-refractivity contribution in [2.75, 3.05) is 28.4 Å². The Balaban J connectivity index is 0.00000101. The van der Waals surface area contributed by atoms with Crippen LogP contribution >= 0.6 is 0 Å². The number of fused-ring (bicyclic) bond motifs is 2. The van der Waals surface area contributed by atoms with Crippen molar-refractivity contribution in [3.63, 3.8) is 0 Å². The third kappa shape index (κ3) is 13.7. The third-order valence-corrected chi connectivity index (χ3v) is 9.33. The van der Waals surface area contributed by atoms with Gasteiger partial charge >= 0.3 is 13.2 Å². The van der Waals surface area contributed by atoms with Crippen molar-refractivity contribution in [2.24, 2.45) is 0 Å². The summed E-state index contributed by atoms with van der Waals surface area (Å²) in [5, 5.41) is 0.390. The average Bonchev–Trinajstić information content (AvgIpc) is 3.75. The molecule has 25 heteroatoms. The minimum atomic E-state index is -2.92. The van der Waals surface area contributed by atoms with Crippen molar-refractivity contribution in [3.8, 4) is 34.5 Å². The maximum absolute atomic E-state index is 12.6. The summed E-state index contributed by atoms with van der Waals surface area (Å²) in [4.78, 5) is 22.5. The quantitative estimate of drug-likeness (QED) is 0.118. The molecule has 0 saturated carbocycles. The first-order valence-electron chi connectivity index (χ1n) is 14.8. The zero-order chi connectivity index (χ0) is 37.4. The van der Waals surface area contributed by atoms with E-state index in [1.165, 1.54) is 77.2 Å². The van der Waals surface area contributed by atoms with Crippen LogP contribution in [0.15, 0.2) is 71.2 Å². The van der Waals surface area contributed by atoms with Crippen molar-refractivity contribution in [1.82, 2.24) is 29.9 Å². The Bertz CT molecular complexity index is 2070. The monoisotopic (exact) mass is 866 g/mol. The van der Waals surface area contributed by atoms with Gasteiger partial charge in [0, 0.05) is 95.8 Å². The summed E-state index contributed by atoms with van der Waals surface area (Å²) in [6, 6.07) is 11.8. The number of imidazole rings is 2. The van der Waals surface area contributed by atoms with E-state index in [0.717, 1.165) is 0 Å². The number of hydrogen-bond donors (Lipinski definition) is 2. The van der Waals surface area contributed by atoms with Crippen LogP contribution in [-0.2, 0) is 33.1 Å². The van der Waals surface area contributed by atoms with Crippen LogP contribution in [0.4, 0.5) is 17.6 Å². The van der Waals surface area contributed by atoms with Gasteiger partial charge in [-0.1, -0.05) is 0 Å². The molecule has 302 valence electrons. The SMILES string of the molecule is COc1ccnc(CS(=O)c2nc3ccc(OC(F)F)cc3[nH]2)c1OC.COc1ccnc(CS(=O)c2nc3ccc(OC(F)F)cc3[nH]2)c1OC.O.O.O.[Na].[Na]. The molecule has 0 aliphatic rings. The second-order valence-electron chi connectivity index (χ2n) is 10.2. The van der Waals surface area contributed by atoms with E-state index < -0.39 is 34.8 Å². The first-order chi connectivity index (χ1) is 25.0. The zero-order valence-electron chi connectivity index (χ0n) is 31.2. The Morgan fingerprint density at radius 2 is 0.965 bits per heavy atom. The van der Waals surface area contributed by atoms with Crippen LogP contribution in [0.1, 0.15) is 11.4 Å². The summed E-state index contributed by atoms with van der Waals surface area (Å²) in [6.45, 7) is -5.84. The second-order valence-corrected chi connectivity index (χ2v) is 12.9. The molecule has 0 fully saturated rings. The van der Waals surface area contributed by atoms with Crippen LogP contribution in [0, 0.1) is 0 Å². The number of hydrogen-bond acceptors (Lipinski definition) is 12. The van der Waals surface area contributed by atoms with Crippen LogP contribution in [0.5, 0.6) is 34.5 Å². The fourth-order valence-electron chi connectivity index (χ4n) is 4.79. The number of nitrogens with zero attached hydrogens (tertiary/aromatic N) is 4. The van der Waals surface area contributed by atoms with Crippen molar-refractivity contribution in [1.29, 1.82) is 0 Å². The number of ether oxygens (including phenoxy) is 6. The molecule has 2 atom stereocenters. The molecule has 6 aromatic rings. The van der Waals surface area contributed by atoms with Crippen LogP contribution in [0.2, 0.25) is 0 Å². The molecule has 17 nitrogen and oxygen atoms in total. The fraction of sp³-hybridized carbons (Fsp3) is 0.250. The van der Waals surface area contributed by atoms with E-state index in [1.807, 2.05) is 0 Å². The average molecular weight is 867 g/mol. The van der Waals surface area contributed by atoms with E-state index in [2.05, 4.69) is 39.4 Å². The third-order valence-electron chi connectivity index (χ3n) is 7.01. The fourth-order valence-corrected chi connectivity index (χ4v) is 6.82. The Labute approximate surface area is 371 Å². The summed E-state index contributed by atoms with van der Waals surface area (Å²) in [6.07, 6.45) is 3.06. The van der Waals surface area contributed by atoms with Crippen molar-refractivity contribution >= 4 is 103 Å². The number of pyridine rings is 2. The maximum atomic E-state index is 12.6. The zero-order valence-corrected chi connectivity index (χ0v) is 36.9. The number of aromatic nitrogens is 6. The van der Waals surface area contributed by atoms with Crippen molar-refractivity contribution < 1.29 is 70.8 Å². The Morgan fingerprint density at radius 1 is 0.596 bits per heavy atom. The molecule has 0 saturated heterocycles. The molecule has 0 aliphatic carbocycles. The Kier molecular flexibility index (Phi) is 23.4. The summed E-state index contributed by atoms with van der Waals surface area (Å²) >= 11 is 0. The molecule has 0 aliphatic heterocycles. The van der Waals surface area contributed by atoms with E-state index in [0.29, 0.717) is 56.5 Å². The second kappa shape index (κ2) is 25.0. The van der Waals surface area contributed by atoms with Crippen LogP contribution < -0.4 is 28.4 Å². The summed E-state index contributed by atoms with van der Waals surface area (Å²) in [5.41, 5.74) is 2.76. The molecule has 0 spiro atoms. The van der Waals surface area contributed by atoms with Crippen molar-refractivity contribution in [3.05, 3.63) is 72.3 Å². The van der Waals surface area contributed by atoms with Gasteiger partial charge in [0.2, 0.25) is 0 Å². The molecule has 2 aromatic carbocycles. The largest absolute Gasteiger partial charge is 0.493 e. The Hall–Kier alpha value is -3.62. The van der Waals surface area contributed by atoms with Gasteiger partial charge in [0.1, 0.15) is 11.5 Å². The van der Waals surface area contributed by atoms with E-state index >= 15 is 0 Å². The number of benzene rings is 2. The number of nitrogens with one attached hydrogen (secondary N) is 2. The molecule has 0 bridgehead atoms. The maximum Gasteiger partial charge on any atom is 0.387 e. The molecule has 8 N–H and O–H groups in total. The van der Waals surface area contributed by atoms with Crippen LogP contribution in [0.3, 0.4) is 0 Å². The van der Waals surface area contributed by atoms with Crippen LogP contribution in [0.25, 0.3) is 22.1 Å². The molecule has 2 unspecified atom stereocenters. The molecule has 4 aromatic heterocycles. The minimum absolute atomic E-state index is 0. The predicted octanol–water partition coefficient (Wildman–Crippen LogP) is 2.53. The molecular formula is C32H36F4N6Na2O11S2. The molecule has 6 rings (SSSR count). The summed E-state index contributed by atoms with van der Waals surface area (Å²) < 4.78 is 104. The number of aromatic amines is 2. The molecular weight excluding hydrogens is 830 g/mol. The number of rotatable bonds is 14. The standard InChI is InChI=1S/2C16H15F2N3O4S.2Na.3H2O/c2*1-23-13-5-6-19-12(14(13)24-2)8-26(22)16-20-10-4-3-9(25-15(17)18)7-11(10)21-16;;;;;/h2*3-7,15H,8H2,1-2H3,(H,20,21);;;3*1H2. The smallest absolute Gasteiger partial charge is 0.387 e. The number of H-pyrrole nitrogens is 2. The number of methoxy groups -OCH3 is 4. The van der Waals surface area contributed by atoms with Crippen molar-refractivity contribution in [2.45, 2.75) is 35.0 Å². The summed E-state index contributed by atoms with van der Waals surface area (Å²) in [7, 11) is 2.81. The first-order valence-corrected chi connectivity index (χ1v) is 17.4. The Morgan fingerprint density at radius 3 is 1.28 bits per heavy atom. The van der Waals surface area contributed by atoms with Gasteiger partial charge in [-0.05, 0) is 24.3 Å². The van der Waals surface area contributed by atoms with Gasteiger partial charge in [0.15, 0.2) is 33.3 Å². The van der Waals surface area contributed by atoms with Gasteiger partial charge in [-0.25, -0.2) is 9.97 Å². The normalized spacial score (nSPS) is 11.3. The molecule has 4 heterocycles. The van der Waals surface area contributed by atoms with Crippen LogP contribution in [-0.4, -0.2) is 156 Å². The summed E-state index contributed by atoms with van der Waals surface area (Å²) in [5.74, 6) is 1.82. The van der Waals surface area contributed by atoms with Gasteiger partial charge in [-0.2, -0.15) is 17.6 Å². The van der Waals surface area contributed by atoms with Gasteiger partial charge < -0.3 is 54.8 Å². The number of halogens is 4.